The first-order chi connectivity index (χ1) is 13.9. The molecular formula is C20H18ClF2N3O2S. The van der Waals surface area contributed by atoms with E-state index in [1.165, 1.54) is 17.4 Å². The minimum absolute atomic E-state index is 0.157. The summed E-state index contributed by atoms with van der Waals surface area (Å²) in [5, 5.41) is 5.41. The molecule has 1 heterocycles. The molecule has 0 bridgehead atoms. The van der Waals surface area contributed by atoms with Crippen LogP contribution in [0.5, 0.6) is 5.75 Å². The Hall–Kier alpha value is -2.55. The predicted molar refractivity (Wildman–Crippen MR) is 111 cm³/mol. The van der Waals surface area contributed by atoms with Crippen molar-refractivity contribution in [1.29, 1.82) is 0 Å². The van der Waals surface area contributed by atoms with Gasteiger partial charge in [-0.05, 0) is 49.5 Å². The first-order valence-corrected chi connectivity index (χ1v) is 9.94. The number of likely N-dealkylation sites (N-methyl/N-ethyl adjacent to an activating group) is 1. The summed E-state index contributed by atoms with van der Waals surface area (Å²) in [7, 11) is 1.80. The van der Waals surface area contributed by atoms with E-state index in [0.717, 1.165) is 12.1 Å². The highest BCUT2D eigenvalue weighted by atomic mass is 35.5. The second-order valence-corrected chi connectivity index (χ2v) is 7.55. The van der Waals surface area contributed by atoms with Gasteiger partial charge >= 0.3 is 0 Å². The highest BCUT2D eigenvalue weighted by Gasteiger charge is 2.12. The fraction of sp³-hybridized carbons (Fsp3) is 0.200. The third-order valence-electron chi connectivity index (χ3n) is 3.93. The molecule has 3 aromatic rings. The van der Waals surface area contributed by atoms with Crippen LogP contribution in [-0.2, 0) is 4.79 Å². The maximum Gasteiger partial charge on any atom is 0.240 e. The Balaban J connectivity index is 1.45. The quantitative estimate of drug-likeness (QED) is 0.555. The molecule has 0 saturated carbocycles. The van der Waals surface area contributed by atoms with E-state index in [-0.39, 0.29) is 12.5 Å². The van der Waals surface area contributed by atoms with Crippen molar-refractivity contribution >= 4 is 34.0 Å². The van der Waals surface area contributed by atoms with Crippen LogP contribution in [0.25, 0.3) is 11.3 Å². The third-order valence-corrected chi connectivity index (χ3v) is 4.94. The standard InChI is InChI=1S/C20H18ClF2N3O2S/c1-26(8-9-28-15-5-3-14(21)4-6-15)11-19(27)25-20-24-18(12-29-20)13-2-7-16(22)17(23)10-13/h2-7,10,12H,8-9,11H2,1H3,(H,24,25,27). The number of carbonyl (C=O) groups excluding carboxylic acids is 1. The molecule has 0 aliphatic heterocycles. The second kappa shape index (κ2) is 9.78. The van der Waals surface area contributed by atoms with Gasteiger partial charge in [-0.15, -0.1) is 11.3 Å². The van der Waals surface area contributed by atoms with Gasteiger partial charge in [0.1, 0.15) is 12.4 Å². The molecule has 0 fully saturated rings. The molecule has 1 amide bonds. The lowest BCUT2D eigenvalue weighted by Gasteiger charge is -2.16. The van der Waals surface area contributed by atoms with Crippen LogP contribution >= 0.6 is 22.9 Å². The van der Waals surface area contributed by atoms with E-state index in [1.807, 2.05) is 4.90 Å². The smallest absolute Gasteiger partial charge is 0.240 e. The summed E-state index contributed by atoms with van der Waals surface area (Å²) < 4.78 is 32.0. The number of aromatic nitrogens is 1. The fourth-order valence-corrected chi connectivity index (χ4v) is 3.31. The van der Waals surface area contributed by atoms with Crippen molar-refractivity contribution in [2.75, 3.05) is 32.1 Å². The zero-order valence-corrected chi connectivity index (χ0v) is 17.1. The first kappa shape index (κ1) is 21.2. The average Bonchev–Trinajstić information content (AvgIpc) is 3.13. The minimum atomic E-state index is -0.941. The van der Waals surface area contributed by atoms with Crippen molar-refractivity contribution in [2.45, 2.75) is 0 Å². The van der Waals surface area contributed by atoms with Crippen molar-refractivity contribution in [3.8, 4) is 17.0 Å². The number of rotatable bonds is 8. The summed E-state index contributed by atoms with van der Waals surface area (Å²) in [6.45, 7) is 1.13. The van der Waals surface area contributed by atoms with Gasteiger partial charge in [0.05, 0.1) is 12.2 Å². The van der Waals surface area contributed by atoms with Gasteiger partial charge < -0.3 is 10.1 Å². The second-order valence-electron chi connectivity index (χ2n) is 6.26. The fourth-order valence-electron chi connectivity index (χ4n) is 2.45. The topological polar surface area (TPSA) is 54.5 Å². The van der Waals surface area contributed by atoms with Gasteiger partial charge in [-0.1, -0.05) is 11.6 Å². The summed E-state index contributed by atoms with van der Waals surface area (Å²) >= 11 is 7.04. The average molecular weight is 438 g/mol. The van der Waals surface area contributed by atoms with Crippen molar-refractivity contribution in [3.05, 3.63) is 64.5 Å². The van der Waals surface area contributed by atoms with Crippen LogP contribution in [0.4, 0.5) is 13.9 Å². The van der Waals surface area contributed by atoms with Gasteiger partial charge in [-0.25, -0.2) is 13.8 Å². The highest BCUT2D eigenvalue weighted by molar-refractivity contribution is 7.14. The van der Waals surface area contributed by atoms with Crippen LogP contribution in [0.15, 0.2) is 47.8 Å². The molecule has 1 N–H and O–H groups in total. The highest BCUT2D eigenvalue weighted by Crippen LogP contribution is 2.26. The van der Waals surface area contributed by atoms with Crippen LogP contribution in [-0.4, -0.2) is 42.5 Å². The number of hydrogen-bond acceptors (Lipinski definition) is 5. The van der Waals surface area contributed by atoms with Crippen LogP contribution in [0, 0.1) is 11.6 Å². The van der Waals surface area contributed by atoms with E-state index in [0.29, 0.717) is 40.3 Å². The van der Waals surface area contributed by atoms with E-state index in [9.17, 15) is 13.6 Å². The molecule has 1 aromatic heterocycles. The van der Waals surface area contributed by atoms with Crippen molar-refractivity contribution in [1.82, 2.24) is 9.88 Å². The van der Waals surface area contributed by atoms with E-state index in [1.54, 1.807) is 36.7 Å². The summed E-state index contributed by atoms with van der Waals surface area (Å²) in [4.78, 5) is 18.3. The van der Waals surface area contributed by atoms with Gasteiger partial charge in [-0.3, -0.25) is 9.69 Å². The van der Waals surface area contributed by atoms with Crippen LogP contribution in [0.1, 0.15) is 0 Å². The molecule has 0 aliphatic carbocycles. The molecule has 0 saturated heterocycles. The van der Waals surface area contributed by atoms with Gasteiger partial charge in [0.15, 0.2) is 16.8 Å². The van der Waals surface area contributed by atoms with E-state index < -0.39 is 11.6 Å². The molecule has 2 aromatic carbocycles. The molecule has 0 atom stereocenters. The Morgan fingerprint density at radius 1 is 1.21 bits per heavy atom. The number of nitrogens with one attached hydrogen (secondary N) is 1. The molecule has 0 unspecified atom stereocenters. The lowest BCUT2D eigenvalue weighted by atomic mass is 10.2. The van der Waals surface area contributed by atoms with Crippen molar-refractivity contribution < 1.29 is 18.3 Å². The molecule has 0 spiro atoms. The number of thiazole rings is 1. The van der Waals surface area contributed by atoms with Crippen LogP contribution in [0.2, 0.25) is 5.02 Å². The van der Waals surface area contributed by atoms with Gasteiger partial charge in [-0.2, -0.15) is 0 Å². The minimum Gasteiger partial charge on any atom is -0.492 e. The molecule has 9 heteroatoms. The summed E-state index contributed by atoms with van der Waals surface area (Å²) in [5.74, 6) is -1.38. The summed E-state index contributed by atoms with van der Waals surface area (Å²) in [5.41, 5.74) is 0.908. The number of benzene rings is 2. The number of carbonyl (C=O) groups is 1. The molecule has 0 radical (unpaired) electrons. The number of nitrogens with zero attached hydrogens (tertiary/aromatic N) is 2. The number of ether oxygens (including phenoxy) is 1. The van der Waals surface area contributed by atoms with Gasteiger partial charge in [0.25, 0.3) is 0 Å². The largest absolute Gasteiger partial charge is 0.492 e. The number of halogens is 3. The number of amides is 1. The molecule has 152 valence electrons. The zero-order valence-electron chi connectivity index (χ0n) is 15.5. The number of anilines is 1. The van der Waals surface area contributed by atoms with E-state index >= 15 is 0 Å². The van der Waals surface area contributed by atoms with Crippen molar-refractivity contribution in [3.63, 3.8) is 0 Å². The first-order valence-electron chi connectivity index (χ1n) is 8.68. The monoisotopic (exact) mass is 437 g/mol. The van der Waals surface area contributed by atoms with Crippen molar-refractivity contribution in [2.24, 2.45) is 0 Å². The van der Waals surface area contributed by atoms with E-state index in [4.69, 9.17) is 16.3 Å². The predicted octanol–water partition coefficient (Wildman–Crippen LogP) is 4.69. The lowest BCUT2D eigenvalue weighted by Crippen LogP contribution is -2.33. The molecule has 29 heavy (non-hydrogen) atoms. The number of hydrogen-bond donors (Lipinski definition) is 1. The maximum absolute atomic E-state index is 13.4. The SMILES string of the molecule is CN(CCOc1ccc(Cl)cc1)CC(=O)Nc1nc(-c2ccc(F)c(F)c2)cs1. The summed E-state index contributed by atoms with van der Waals surface area (Å²) in [6, 6.07) is 10.6. The normalized spacial score (nSPS) is 10.9. The van der Waals surface area contributed by atoms with Crippen LogP contribution in [0.3, 0.4) is 0 Å². The molecular weight excluding hydrogens is 420 g/mol. The maximum atomic E-state index is 13.4. The summed E-state index contributed by atoms with van der Waals surface area (Å²) in [6.07, 6.45) is 0. The van der Waals surface area contributed by atoms with Gasteiger partial charge in [0, 0.05) is 22.5 Å². The van der Waals surface area contributed by atoms with E-state index in [2.05, 4.69) is 10.3 Å². The Bertz CT molecular complexity index is 982. The van der Waals surface area contributed by atoms with Crippen LogP contribution < -0.4 is 10.1 Å². The third kappa shape index (κ3) is 6.22. The van der Waals surface area contributed by atoms with Gasteiger partial charge in [0.2, 0.25) is 5.91 Å². The Labute approximate surface area is 175 Å². The molecule has 0 aliphatic rings. The molecule has 5 nitrogen and oxygen atoms in total. The Kier molecular flexibility index (Phi) is 7.13. The molecule has 3 rings (SSSR count). The Morgan fingerprint density at radius 3 is 2.69 bits per heavy atom. The Morgan fingerprint density at radius 2 is 1.97 bits per heavy atom. The lowest BCUT2D eigenvalue weighted by molar-refractivity contribution is -0.117. The zero-order chi connectivity index (χ0) is 20.8.